The van der Waals surface area contributed by atoms with Crippen molar-refractivity contribution in [2.75, 3.05) is 19.9 Å². The molecule has 0 saturated carbocycles. The highest BCUT2D eigenvalue weighted by molar-refractivity contribution is 7.89. The molecule has 7 heteroatoms. The number of nitriles is 1. The van der Waals surface area contributed by atoms with Gasteiger partial charge in [-0.2, -0.15) is 5.26 Å². The Kier molecular flexibility index (Phi) is 5.91. The fourth-order valence-corrected chi connectivity index (χ4v) is 3.20. The molecule has 0 aliphatic carbocycles. The minimum absolute atomic E-state index is 0.160. The van der Waals surface area contributed by atoms with Gasteiger partial charge in [-0.25, -0.2) is 12.7 Å². The van der Waals surface area contributed by atoms with Crippen LogP contribution in [-0.4, -0.2) is 38.6 Å². The third-order valence-electron chi connectivity index (χ3n) is 3.71. The van der Waals surface area contributed by atoms with Crippen LogP contribution in [0, 0.1) is 11.3 Å². The Hall–Kier alpha value is -2.69. The molecule has 2 aromatic carbocycles. The highest BCUT2D eigenvalue weighted by atomic mass is 32.2. The Morgan fingerprint density at radius 3 is 2.08 bits per heavy atom. The summed E-state index contributed by atoms with van der Waals surface area (Å²) in [5, 5.41) is 8.82. The lowest BCUT2D eigenvalue weighted by atomic mass is 10.0. The topological polar surface area (TPSA) is 87.5 Å². The largest absolute Gasteiger partial charge is 0.468 e. The SMILES string of the molecule is COC(=O)CS(=O)(=O)N(C)Cc1ccc(-c2ccc(C#N)cc2)cc1. The molecule has 0 atom stereocenters. The van der Waals surface area contributed by atoms with Gasteiger partial charge < -0.3 is 4.74 Å². The lowest BCUT2D eigenvalue weighted by Crippen LogP contribution is -2.32. The van der Waals surface area contributed by atoms with E-state index in [9.17, 15) is 13.2 Å². The van der Waals surface area contributed by atoms with E-state index >= 15 is 0 Å². The molecule has 2 aromatic rings. The molecule has 0 radical (unpaired) electrons. The summed E-state index contributed by atoms with van der Waals surface area (Å²) in [5.74, 6) is -1.47. The number of carbonyl (C=O) groups excluding carboxylic acids is 1. The second-order valence-electron chi connectivity index (χ2n) is 5.47. The molecular weight excluding hydrogens is 340 g/mol. The normalized spacial score (nSPS) is 11.1. The Balaban J connectivity index is 2.09. The van der Waals surface area contributed by atoms with Crippen LogP contribution in [-0.2, 0) is 26.1 Å². The van der Waals surface area contributed by atoms with E-state index in [1.54, 1.807) is 12.1 Å². The van der Waals surface area contributed by atoms with Gasteiger partial charge in [0.05, 0.1) is 18.7 Å². The van der Waals surface area contributed by atoms with Crippen LogP contribution in [0.25, 0.3) is 11.1 Å². The van der Waals surface area contributed by atoms with Crippen LogP contribution < -0.4 is 0 Å². The molecule has 0 saturated heterocycles. The van der Waals surface area contributed by atoms with Gasteiger partial charge in [0.25, 0.3) is 0 Å². The summed E-state index contributed by atoms with van der Waals surface area (Å²) >= 11 is 0. The summed E-state index contributed by atoms with van der Waals surface area (Å²) in [4.78, 5) is 11.2. The van der Waals surface area contributed by atoms with Gasteiger partial charge in [-0.15, -0.1) is 0 Å². The minimum atomic E-state index is -3.71. The summed E-state index contributed by atoms with van der Waals surface area (Å²) in [6.45, 7) is 0.160. The first-order valence-corrected chi connectivity index (χ1v) is 9.07. The number of benzene rings is 2. The third-order valence-corrected chi connectivity index (χ3v) is 5.39. The van der Waals surface area contributed by atoms with Crippen LogP contribution in [0.2, 0.25) is 0 Å². The van der Waals surface area contributed by atoms with Gasteiger partial charge in [0.2, 0.25) is 10.0 Å². The number of nitrogens with zero attached hydrogens (tertiary/aromatic N) is 2. The molecule has 0 bridgehead atoms. The molecule has 0 amide bonds. The lowest BCUT2D eigenvalue weighted by molar-refractivity contribution is -0.137. The molecule has 6 nitrogen and oxygen atoms in total. The Bertz CT molecular complexity index is 882. The van der Waals surface area contributed by atoms with Gasteiger partial charge >= 0.3 is 5.97 Å². The zero-order valence-corrected chi connectivity index (χ0v) is 14.8. The van der Waals surface area contributed by atoms with Crippen LogP contribution in [0.1, 0.15) is 11.1 Å². The zero-order chi connectivity index (χ0) is 18.4. The van der Waals surface area contributed by atoms with Crippen molar-refractivity contribution in [3.8, 4) is 17.2 Å². The van der Waals surface area contributed by atoms with Crippen molar-refractivity contribution < 1.29 is 17.9 Å². The van der Waals surface area contributed by atoms with Crippen molar-refractivity contribution >= 4 is 16.0 Å². The summed E-state index contributed by atoms with van der Waals surface area (Å²) < 4.78 is 29.6. The number of rotatable bonds is 6. The van der Waals surface area contributed by atoms with Crippen LogP contribution in [0.5, 0.6) is 0 Å². The second-order valence-corrected chi connectivity index (χ2v) is 7.55. The Morgan fingerprint density at radius 2 is 1.60 bits per heavy atom. The van der Waals surface area contributed by atoms with E-state index < -0.39 is 21.7 Å². The molecule has 2 rings (SSSR count). The van der Waals surface area contributed by atoms with Gasteiger partial charge in [-0.1, -0.05) is 36.4 Å². The monoisotopic (exact) mass is 358 g/mol. The number of hydrogen-bond acceptors (Lipinski definition) is 5. The predicted octanol–water partition coefficient (Wildman–Crippen LogP) is 2.16. The fourth-order valence-electron chi connectivity index (χ4n) is 2.21. The van der Waals surface area contributed by atoms with E-state index in [4.69, 9.17) is 5.26 Å². The quantitative estimate of drug-likeness (QED) is 0.739. The first kappa shape index (κ1) is 18.6. The Labute approximate surface area is 147 Å². The summed E-state index contributed by atoms with van der Waals surface area (Å²) in [6.07, 6.45) is 0. The third kappa shape index (κ3) is 4.89. The highest BCUT2D eigenvalue weighted by Crippen LogP contribution is 2.21. The summed E-state index contributed by atoms with van der Waals surface area (Å²) in [7, 11) is -1.14. The number of hydrogen-bond donors (Lipinski definition) is 0. The average Bonchev–Trinajstić information content (AvgIpc) is 2.62. The maximum absolute atomic E-state index is 12.1. The first-order chi connectivity index (χ1) is 11.9. The maximum Gasteiger partial charge on any atom is 0.322 e. The van der Waals surface area contributed by atoms with Crippen molar-refractivity contribution in [3.63, 3.8) is 0 Å². The van der Waals surface area contributed by atoms with E-state index in [1.807, 2.05) is 36.4 Å². The van der Waals surface area contributed by atoms with E-state index in [2.05, 4.69) is 10.8 Å². The molecule has 0 heterocycles. The van der Waals surface area contributed by atoms with E-state index in [0.29, 0.717) is 5.56 Å². The molecule has 0 aromatic heterocycles. The smallest absolute Gasteiger partial charge is 0.322 e. The molecule has 0 aliphatic heterocycles. The fraction of sp³-hybridized carbons (Fsp3) is 0.222. The number of carbonyl (C=O) groups is 1. The molecule has 25 heavy (non-hydrogen) atoms. The molecule has 0 aliphatic rings. The maximum atomic E-state index is 12.1. The van der Waals surface area contributed by atoms with Gasteiger partial charge in [0.1, 0.15) is 0 Å². The summed E-state index contributed by atoms with van der Waals surface area (Å²) in [6, 6.07) is 16.7. The molecule has 130 valence electrons. The zero-order valence-electron chi connectivity index (χ0n) is 14.0. The van der Waals surface area contributed by atoms with Crippen LogP contribution in [0.3, 0.4) is 0 Å². The van der Waals surface area contributed by atoms with Gasteiger partial charge in [-0.3, -0.25) is 4.79 Å². The minimum Gasteiger partial charge on any atom is -0.468 e. The molecule has 0 spiro atoms. The van der Waals surface area contributed by atoms with Crippen molar-refractivity contribution in [3.05, 3.63) is 59.7 Å². The predicted molar refractivity (Wildman–Crippen MR) is 93.9 cm³/mol. The van der Waals surface area contributed by atoms with Crippen LogP contribution in [0.4, 0.5) is 0 Å². The van der Waals surface area contributed by atoms with Crippen LogP contribution in [0.15, 0.2) is 48.5 Å². The van der Waals surface area contributed by atoms with Gasteiger partial charge in [0, 0.05) is 13.6 Å². The van der Waals surface area contributed by atoms with E-state index in [-0.39, 0.29) is 6.54 Å². The number of esters is 1. The van der Waals surface area contributed by atoms with Crippen molar-refractivity contribution in [2.24, 2.45) is 0 Å². The van der Waals surface area contributed by atoms with Crippen molar-refractivity contribution in [1.82, 2.24) is 4.31 Å². The number of sulfonamides is 1. The molecule has 0 N–H and O–H groups in total. The van der Waals surface area contributed by atoms with E-state index in [0.717, 1.165) is 28.1 Å². The van der Waals surface area contributed by atoms with Gasteiger partial charge in [0.15, 0.2) is 5.75 Å². The van der Waals surface area contributed by atoms with Crippen molar-refractivity contribution in [2.45, 2.75) is 6.54 Å². The van der Waals surface area contributed by atoms with Crippen LogP contribution >= 0.6 is 0 Å². The molecule has 0 unspecified atom stereocenters. The number of methoxy groups -OCH3 is 1. The van der Waals surface area contributed by atoms with E-state index in [1.165, 1.54) is 7.05 Å². The van der Waals surface area contributed by atoms with Crippen molar-refractivity contribution in [1.29, 1.82) is 5.26 Å². The molecular formula is C18H18N2O4S. The first-order valence-electron chi connectivity index (χ1n) is 7.46. The number of ether oxygens (including phenoxy) is 1. The lowest BCUT2D eigenvalue weighted by Gasteiger charge is -2.16. The van der Waals surface area contributed by atoms with Gasteiger partial charge in [-0.05, 0) is 28.8 Å². The highest BCUT2D eigenvalue weighted by Gasteiger charge is 2.22. The summed E-state index contributed by atoms with van der Waals surface area (Å²) in [5.41, 5.74) is 3.33. The Morgan fingerprint density at radius 1 is 1.08 bits per heavy atom. The molecule has 0 fully saturated rings. The standard InChI is InChI=1S/C18H18N2O4S/c1-20(25(22,23)13-18(21)24-2)12-15-5-9-17(10-6-15)16-7-3-14(11-19)4-8-16/h3-10H,12-13H2,1-2H3. The second kappa shape index (κ2) is 7.92. The average molecular weight is 358 g/mol.